The number of phenols is 1. The van der Waals surface area contributed by atoms with Gasteiger partial charge in [0.25, 0.3) is 12.3 Å². The van der Waals surface area contributed by atoms with E-state index in [9.17, 15) is 5.11 Å². The zero-order valence-electron chi connectivity index (χ0n) is 57.0. The van der Waals surface area contributed by atoms with E-state index in [2.05, 4.69) is 120 Å². The number of hydrogen-bond donors (Lipinski definition) is 3. The molecule has 0 aliphatic heterocycles. The van der Waals surface area contributed by atoms with Crippen LogP contribution in [-0.4, -0.2) is 64.6 Å². The summed E-state index contributed by atoms with van der Waals surface area (Å²) in [6.45, 7) is 2.90. The Kier molecular flexibility index (Phi) is 34.2. The van der Waals surface area contributed by atoms with Gasteiger partial charge in [-0.25, -0.2) is 18.7 Å². The van der Waals surface area contributed by atoms with Crippen LogP contribution in [0.5, 0.6) is 23.0 Å². The zero-order chi connectivity index (χ0) is 74.5. The molecule has 4 aromatic heterocycles. The molecule has 0 fully saturated rings. The molecule has 29 heteroatoms. The van der Waals surface area contributed by atoms with E-state index in [1.54, 1.807) is 137 Å². The van der Waals surface area contributed by atoms with Crippen LogP contribution in [-0.2, 0) is 47.5 Å². The molecule has 0 spiro atoms. The second kappa shape index (κ2) is 45.3. The minimum atomic E-state index is 0. The van der Waals surface area contributed by atoms with Gasteiger partial charge >= 0.3 is 0 Å². The van der Waals surface area contributed by atoms with E-state index in [-0.39, 0.29) is 28.0 Å². The number of benzene rings is 10. The van der Waals surface area contributed by atoms with Gasteiger partial charge in [0.2, 0.25) is 0 Å². The number of nitriles is 4. The average molecular weight is 1550 g/mol. The third kappa shape index (κ3) is 26.5. The largest absolute Gasteiger partial charge is 0.508 e. The highest BCUT2D eigenvalue weighted by Gasteiger charge is 2.15. The van der Waals surface area contributed by atoms with Gasteiger partial charge in [-0.3, -0.25) is 20.5 Å². The van der Waals surface area contributed by atoms with Crippen molar-refractivity contribution in [1.29, 1.82) is 21.0 Å². The molecule has 10 aromatic carbocycles. The van der Waals surface area contributed by atoms with Crippen molar-refractivity contribution in [2.24, 2.45) is 5.90 Å². The number of nitrogens with one attached hydrogen (secondary N) is 1. The van der Waals surface area contributed by atoms with Crippen LogP contribution in [0.1, 0.15) is 77.9 Å². The van der Waals surface area contributed by atoms with Crippen molar-refractivity contribution < 1.29 is 28.1 Å². The number of halogens is 1. The summed E-state index contributed by atoms with van der Waals surface area (Å²) < 4.78 is 28.1. The molecule has 0 amide bonds. The van der Waals surface area contributed by atoms with Gasteiger partial charge in [0.1, 0.15) is 86.8 Å². The number of nitrogens with zero attached hydrogens (tertiary/aromatic N) is 19. The maximum atomic E-state index is 9.38. The highest BCUT2D eigenvalue weighted by atomic mass is 79.9. The number of aromatic hydroxyl groups is 1. The maximum absolute atomic E-state index is 9.38. The van der Waals surface area contributed by atoms with Crippen molar-refractivity contribution in [3.05, 3.63) is 361 Å². The molecule has 0 unspecified atom stereocenters. The molecule has 27 nitrogen and oxygen atoms in total. The Morgan fingerprint density at radius 3 is 1.02 bits per heavy atom. The molecule has 14 rings (SSSR count). The van der Waals surface area contributed by atoms with Crippen LogP contribution in [0.2, 0.25) is 0 Å². The Hall–Kier alpha value is -14.2. The molecule has 14 aromatic rings. The zero-order valence-corrected chi connectivity index (χ0v) is 59.4. The van der Waals surface area contributed by atoms with Crippen LogP contribution >= 0.6 is 28.3 Å². The molecule has 4 heterocycles. The molecule has 0 atom stereocenters. The predicted octanol–water partition coefficient (Wildman–Crippen LogP) is 16.0. The van der Waals surface area contributed by atoms with E-state index in [0.29, 0.717) is 73.2 Å². The van der Waals surface area contributed by atoms with Gasteiger partial charge < -0.3 is 18.8 Å². The smallest absolute Gasteiger partial charge is 0.260 e. The summed E-state index contributed by atoms with van der Waals surface area (Å²) >= 11 is 4.04. The van der Waals surface area contributed by atoms with Crippen LogP contribution in [0.25, 0.3) is 0 Å². The van der Waals surface area contributed by atoms with E-state index in [1.165, 1.54) is 11.1 Å². The fourth-order valence-corrected chi connectivity index (χ4v) is 10.3. The first-order valence-electron chi connectivity index (χ1n) is 32.4. The topological polar surface area (TPSA) is 332 Å². The van der Waals surface area contributed by atoms with Gasteiger partial charge in [0, 0.05) is 5.33 Å². The van der Waals surface area contributed by atoms with Gasteiger partial charge in [-0.2, -0.15) is 26.9 Å². The summed E-state index contributed by atoms with van der Waals surface area (Å²) in [4.78, 5) is 3.94. The Morgan fingerprint density at radius 2 is 0.691 bits per heavy atom. The molecule has 0 aliphatic rings. The third-order valence-electron chi connectivity index (χ3n) is 15.2. The van der Waals surface area contributed by atoms with E-state index in [0.717, 1.165) is 61.8 Å². The fourth-order valence-electron chi connectivity index (χ4n) is 9.72. The Morgan fingerprint density at radius 1 is 0.382 bits per heavy atom. The standard InChI is InChI=1S/C23H19N5O.C16H14N6O3S.C16H13N5O.C14H13BrO.C9H7N5.3CH4/c24-14-19-6-10-22(11-7-19)28(27-17-25-26-18-27)15-20-8-12-23(13-9-20)29-16-21-4-2-1-3-5-21;17-9-13-1-5-15(6-2-13)22(21-11-19-20-12-21)10-14-3-7-16(8-4-14)23-26-25-24-18;17-9-13-1-5-15(6-2-13)21(20-11-18-19-12-20)10-14-3-7-16(22)8-4-14;15-10-12-6-8-14(9-7-12)16-11-13-4-2-1-3-5-13;10-5-8-1-3-9(4-2-8)13-14-6-11-12-7-14;;;/h1-13,17-18H,15-16H2;1-8,11-12H,10,18H2;1-8,11-12,22H,10H2;1-9H,10-11H2;1-4,6-7,13H;3*1H4. The summed E-state index contributed by atoms with van der Waals surface area (Å²) in [5.74, 6) is 7.29. The number of aromatic nitrogens is 12. The summed E-state index contributed by atoms with van der Waals surface area (Å²) in [6, 6.07) is 88.4. The van der Waals surface area contributed by atoms with Gasteiger partial charge in [-0.15, -0.1) is 50.1 Å². The van der Waals surface area contributed by atoms with Crippen molar-refractivity contribution in [3.8, 4) is 47.3 Å². The van der Waals surface area contributed by atoms with E-state index in [4.69, 9.17) is 40.6 Å². The van der Waals surface area contributed by atoms with Gasteiger partial charge in [0.05, 0.1) is 88.9 Å². The highest BCUT2D eigenvalue weighted by molar-refractivity contribution is 9.08. The van der Waals surface area contributed by atoms with Crippen LogP contribution in [0.4, 0.5) is 22.7 Å². The Bertz CT molecular complexity index is 5020. The molecule has 0 radical (unpaired) electrons. The van der Waals surface area contributed by atoms with Gasteiger partial charge in [-0.05, 0) is 179 Å². The van der Waals surface area contributed by atoms with Crippen LogP contribution in [0, 0.1) is 45.3 Å². The van der Waals surface area contributed by atoms with Crippen LogP contribution in [0.15, 0.2) is 305 Å². The minimum Gasteiger partial charge on any atom is -0.508 e. The van der Waals surface area contributed by atoms with Crippen LogP contribution < -0.4 is 40.0 Å². The molecule has 556 valence electrons. The number of alkyl halides is 1. The normalized spacial score (nSPS) is 9.84. The number of ether oxygens (including phenoxy) is 2. The summed E-state index contributed by atoms with van der Waals surface area (Å²) in [5.41, 5.74) is 15.8. The minimum absolute atomic E-state index is 0. The second-order valence-electron chi connectivity index (χ2n) is 22.4. The summed E-state index contributed by atoms with van der Waals surface area (Å²) in [6.07, 6.45) is 12.8. The maximum Gasteiger partial charge on any atom is 0.260 e. The van der Waals surface area contributed by atoms with Gasteiger partial charge in [0.15, 0.2) is 0 Å². The third-order valence-corrected chi connectivity index (χ3v) is 16.2. The lowest BCUT2D eigenvalue weighted by molar-refractivity contribution is -0.199. The lowest BCUT2D eigenvalue weighted by atomic mass is 10.2. The van der Waals surface area contributed by atoms with Crippen LogP contribution in [0.3, 0.4) is 0 Å². The number of rotatable bonds is 25. The number of hydrogen-bond acceptors (Lipinski definition) is 24. The van der Waals surface area contributed by atoms with Crippen molar-refractivity contribution in [1.82, 2.24) is 59.5 Å². The van der Waals surface area contributed by atoms with Crippen molar-refractivity contribution in [2.75, 3.05) is 20.5 Å². The molecule has 4 N–H and O–H groups in total. The predicted molar refractivity (Wildman–Crippen MR) is 425 cm³/mol. The number of nitrogens with two attached hydrogens (primary N) is 1. The fraction of sp³-hybridized carbons (Fsp3) is 0.111. The van der Waals surface area contributed by atoms with Crippen molar-refractivity contribution >= 4 is 51.0 Å². The van der Waals surface area contributed by atoms with Gasteiger partial charge in [-0.1, -0.05) is 147 Å². The molecule has 0 saturated carbocycles. The Labute approximate surface area is 651 Å². The van der Waals surface area contributed by atoms with Crippen molar-refractivity contribution in [3.63, 3.8) is 0 Å². The molecule has 0 saturated heterocycles. The Balaban J connectivity index is 0.000000194. The van der Waals surface area contributed by atoms with E-state index in [1.807, 2.05) is 177 Å². The molecular formula is C81H78BrN21O6S. The second-order valence-corrected chi connectivity index (χ2v) is 23.4. The number of phenolic OH excluding ortho intramolecular Hbond substituents is 1. The summed E-state index contributed by atoms with van der Waals surface area (Å²) in [7, 11) is 0. The summed E-state index contributed by atoms with van der Waals surface area (Å²) in [5, 5.41) is 82.2. The SMILES string of the molecule is BrCc1ccc(OCc2ccccc2)cc1.C.C.C.N#Cc1ccc(N(Cc2ccc(O)cc2)n2cnnc2)cc1.N#Cc1ccc(N(Cc2ccc(OCc3ccccc3)cc2)n2cnnc2)cc1.N#Cc1ccc(N(Cc2ccc(OSOON)cc2)n2cnnc2)cc1.N#Cc1ccc(Nn2cnnc2)cc1. The number of anilines is 4. The highest BCUT2D eigenvalue weighted by Crippen LogP contribution is 2.26. The first-order chi connectivity index (χ1) is 52.6. The molecule has 0 aliphatic carbocycles. The molecular weight excluding hydrogens is 1480 g/mol. The monoisotopic (exact) mass is 1550 g/mol. The lowest BCUT2D eigenvalue weighted by Crippen LogP contribution is -2.27. The first kappa shape index (κ1) is 83.1. The van der Waals surface area contributed by atoms with E-state index < -0.39 is 0 Å². The lowest BCUT2D eigenvalue weighted by Gasteiger charge is -2.25. The average Bonchev–Trinajstić information content (AvgIpc) is 1.40. The first-order valence-corrected chi connectivity index (χ1v) is 34.2. The molecule has 110 heavy (non-hydrogen) atoms. The molecule has 0 bridgehead atoms. The van der Waals surface area contributed by atoms with E-state index >= 15 is 0 Å². The van der Waals surface area contributed by atoms with Crippen molar-refractivity contribution in [2.45, 2.75) is 60.5 Å². The quantitative estimate of drug-likeness (QED) is 0.0157.